The lowest BCUT2D eigenvalue weighted by atomic mass is 10.2. The van der Waals surface area contributed by atoms with Crippen molar-refractivity contribution in [2.45, 2.75) is 6.92 Å². The average molecular weight is 277 g/mol. The number of nitrogens with one attached hydrogen (secondary N) is 1. The summed E-state index contributed by atoms with van der Waals surface area (Å²) in [6, 6.07) is 10.4. The highest BCUT2D eigenvalue weighted by Crippen LogP contribution is 2.24. The Bertz CT molecular complexity index is 816. The summed E-state index contributed by atoms with van der Waals surface area (Å²) in [6.45, 7) is 2.83. The van der Waals surface area contributed by atoms with Crippen LogP contribution < -0.4 is 10.2 Å². The van der Waals surface area contributed by atoms with Crippen molar-refractivity contribution in [2.24, 2.45) is 0 Å². The third-order valence-corrected chi connectivity index (χ3v) is 3.63. The lowest BCUT2D eigenvalue weighted by Crippen LogP contribution is -2.19. The summed E-state index contributed by atoms with van der Waals surface area (Å²) in [5, 5.41) is 8.74. The van der Waals surface area contributed by atoms with Gasteiger partial charge < -0.3 is 10.2 Å². The van der Waals surface area contributed by atoms with E-state index >= 15 is 0 Å². The molecule has 0 radical (unpaired) electrons. The van der Waals surface area contributed by atoms with E-state index in [2.05, 4.69) is 38.5 Å². The minimum atomic E-state index is 0.805. The number of fused-ring (bicyclic) bond motifs is 1. The van der Waals surface area contributed by atoms with Crippen LogP contribution in [0.15, 0.2) is 55.1 Å². The van der Waals surface area contributed by atoms with Crippen molar-refractivity contribution in [3.8, 4) is 5.82 Å². The normalized spacial score (nSPS) is 13.9. The van der Waals surface area contributed by atoms with Crippen molar-refractivity contribution >= 4 is 16.6 Å². The number of anilines is 1. The SMILES string of the molecule is Cc1ccc(-n2ncc3cc(N4C=CNC4)ccc32)nc1. The molecule has 0 saturated carbocycles. The van der Waals surface area contributed by atoms with Crippen LogP contribution in [0.25, 0.3) is 16.7 Å². The number of aryl methyl sites for hydroxylation is 1. The summed E-state index contributed by atoms with van der Waals surface area (Å²) in [7, 11) is 0. The van der Waals surface area contributed by atoms with Gasteiger partial charge in [-0.3, -0.25) is 0 Å². The van der Waals surface area contributed by atoms with Crippen molar-refractivity contribution in [3.05, 3.63) is 60.7 Å². The van der Waals surface area contributed by atoms with Gasteiger partial charge in [-0.15, -0.1) is 0 Å². The Hall–Kier alpha value is -2.82. The molecule has 21 heavy (non-hydrogen) atoms. The molecule has 2 aromatic heterocycles. The molecule has 3 heterocycles. The minimum Gasteiger partial charge on any atom is -0.372 e. The molecule has 1 N–H and O–H groups in total. The van der Waals surface area contributed by atoms with Gasteiger partial charge in [-0.2, -0.15) is 5.10 Å². The van der Waals surface area contributed by atoms with E-state index in [1.165, 1.54) is 0 Å². The molecule has 0 aliphatic carbocycles. The summed E-state index contributed by atoms with van der Waals surface area (Å²) in [4.78, 5) is 6.59. The molecule has 5 nitrogen and oxygen atoms in total. The third-order valence-electron chi connectivity index (χ3n) is 3.63. The Balaban J connectivity index is 1.78. The fourth-order valence-electron chi connectivity index (χ4n) is 2.49. The molecule has 1 aromatic carbocycles. The molecule has 0 unspecified atom stereocenters. The summed E-state index contributed by atoms with van der Waals surface area (Å²) in [5.41, 5.74) is 3.36. The van der Waals surface area contributed by atoms with Crippen molar-refractivity contribution < 1.29 is 0 Å². The van der Waals surface area contributed by atoms with Gasteiger partial charge in [0.1, 0.15) is 0 Å². The molecular formula is C16H15N5. The van der Waals surface area contributed by atoms with Crippen LogP contribution in [0.5, 0.6) is 0 Å². The molecule has 0 atom stereocenters. The average Bonchev–Trinajstić information content (AvgIpc) is 3.17. The van der Waals surface area contributed by atoms with E-state index in [4.69, 9.17) is 0 Å². The zero-order valence-corrected chi connectivity index (χ0v) is 11.7. The van der Waals surface area contributed by atoms with Gasteiger partial charge in [-0.1, -0.05) is 6.07 Å². The lowest BCUT2D eigenvalue weighted by molar-refractivity contribution is 0.872. The second kappa shape index (κ2) is 4.63. The Labute approximate surface area is 122 Å². The summed E-state index contributed by atoms with van der Waals surface area (Å²) >= 11 is 0. The molecule has 0 saturated heterocycles. The van der Waals surface area contributed by atoms with Crippen LogP contribution in [-0.4, -0.2) is 21.4 Å². The van der Waals surface area contributed by atoms with Crippen LogP contribution in [0.1, 0.15) is 5.56 Å². The fraction of sp³-hybridized carbons (Fsp3) is 0.125. The van der Waals surface area contributed by atoms with Crippen molar-refractivity contribution in [1.82, 2.24) is 20.1 Å². The molecule has 0 bridgehead atoms. The van der Waals surface area contributed by atoms with E-state index < -0.39 is 0 Å². The smallest absolute Gasteiger partial charge is 0.153 e. The summed E-state index contributed by atoms with van der Waals surface area (Å²) < 4.78 is 1.87. The number of benzene rings is 1. The van der Waals surface area contributed by atoms with Gasteiger partial charge in [-0.25, -0.2) is 9.67 Å². The maximum atomic E-state index is 4.46. The van der Waals surface area contributed by atoms with Crippen molar-refractivity contribution in [1.29, 1.82) is 0 Å². The Morgan fingerprint density at radius 3 is 2.86 bits per heavy atom. The third kappa shape index (κ3) is 2.03. The molecule has 0 fully saturated rings. The molecule has 0 amide bonds. The zero-order valence-electron chi connectivity index (χ0n) is 11.7. The van der Waals surface area contributed by atoms with Gasteiger partial charge in [0.25, 0.3) is 0 Å². The second-order valence-corrected chi connectivity index (χ2v) is 5.14. The van der Waals surface area contributed by atoms with Gasteiger partial charge in [-0.05, 0) is 36.8 Å². The number of pyridine rings is 1. The van der Waals surface area contributed by atoms with E-state index in [9.17, 15) is 0 Å². The van der Waals surface area contributed by atoms with E-state index in [0.29, 0.717) is 0 Å². The Kier molecular flexibility index (Phi) is 2.64. The molecule has 5 heteroatoms. The summed E-state index contributed by atoms with van der Waals surface area (Å²) in [5.74, 6) is 0.839. The molecule has 1 aliphatic rings. The van der Waals surface area contributed by atoms with Gasteiger partial charge >= 0.3 is 0 Å². The highest BCUT2D eigenvalue weighted by atomic mass is 15.3. The molecule has 104 valence electrons. The number of nitrogens with zero attached hydrogens (tertiary/aromatic N) is 4. The lowest BCUT2D eigenvalue weighted by Gasteiger charge is -2.14. The summed E-state index contributed by atoms with van der Waals surface area (Å²) in [6.07, 6.45) is 7.72. The number of hydrogen-bond donors (Lipinski definition) is 1. The maximum absolute atomic E-state index is 4.46. The molecule has 0 spiro atoms. The first kappa shape index (κ1) is 12.0. The number of hydrogen-bond acceptors (Lipinski definition) is 4. The van der Waals surface area contributed by atoms with E-state index in [1.54, 1.807) is 0 Å². The minimum absolute atomic E-state index is 0.805. The second-order valence-electron chi connectivity index (χ2n) is 5.14. The van der Waals surface area contributed by atoms with E-state index in [-0.39, 0.29) is 0 Å². The predicted octanol–water partition coefficient (Wildman–Crippen LogP) is 2.57. The van der Waals surface area contributed by atoms with Gasteiger partial charge in [0.2, 0.25) is 0 Å². The standard InChI is InChI=1S/C16H15N5/c1-12-2-5-16(18-9-12)21-15-4-3-14(8-13(15)10-19-21)20-7-6-17-11-20/h2-10,17H,11H2,1H3. The highest BCUT2D eigenvalue weighted by Gasteiger charge is 2.10. The van der Waals surface area contributed by atoms with Crippen LogP contribution in [0, 0.1) is 6.92 Å². The molecule has 1 aliphatic heterocycles. The van der Waals surface area contributed by atoms with Crippen LogP contribution in [0.3, 0.4) is 0 Å². The fourth-order valence-corrected chi connectivity index (χ4v) is 2.49. The van der Waals surface area contributed by atoms with Crippen LogP contribution in [0.2, 0.25) is 0 Å². The first-order valence-corrected chi connectivity index (χ1v) is 6.89. The first-order chi connectivity index (χ1) is 10.3. The van der Waals surface area contributed by atoms with Gasteiger partial charge in [0, 0.05) is 29.7 Å². The largest absolute Gasteiger partial charge is 0.372 e. The van der Waals surface area contributed by atoms with Crippen LogP contribution >= 0.6 is 0 Å². The monoisotopic (exact) mass is 277 g/mol. The van der Waals surface area contributed by atoms with E-state index in [0.717, 1.165) is 34.6 Å². The van der Waals surface area contributed by atoms with Crippen molar-refractivity contribution in [2.75, 3.05) is 11.6 Å². The topological polar surface area (TPSA) is 46.0 Å². The van der Waals surface area contributed by atoms with Crippen LogP contribution in [-0.2, 0) is 0 Å². The Morgan fingerprint density at radius 2 is 2.10 bits per heavy atom. The van der Waals surface area contributed by atoms with Gasteiger partial charge in [0.15, 0.2) is 5.82 Å². The highest BCUT2D eigenvalue weighted by molar-refractivity contribution is 5.84. The van der Waals surface area contributed by atoms with E-state index in [1.807, 2.05) is 48.5 Å². The zero-order chi connectivity index (χ0) is 14.2. The number of aromatic nitrogens is 3. The predicted molar refractivity (Wildman–Crippen MR) is 83.2 cm³/mol. The molecule has 4 rings (SSSR count). The first-order valence-electron chi connectivity index (χ1n) is 6.89. The molecular weight excluding hydrogens is 262 g/mol. The number of rotatable bonds is 2. The maximum Gasteiger partial charge on any atom is 0.153 e. The van der Waals surface area contributed by atoms with Gasteiger partial charge in [0.05, 0.1) is 18.4 Å². The molecule has 3 aromatic rings. The Morgan fingerprint density at radius 1 is 1.14 bits per heavy atom. The van der Waals surface area contributed by atoms with Crippen LogP contribution in [0.4, 0.5) is 5.69 Å². The quantitative estimate of drug-likeness (QED) is 0.782. The van der Waals surface area contributed by atoms with Crippen molar-refractivity contribution in [3.63, 3.8) is 0 Å².